The zero-order valence-electron chi connectivity index (χ0n) is 10.8. The molecule has 1 aromatic carbocycles. The fourth-order valence-electron chi connectivity index (χ4n) is 1.87. The van der Waals surface area contributed by atoms with Crippen LogP contribution in [-0.4, -0.2) is 36.9 Å². The monoisotopic (exact) mass is 275 g/mol. The van der Waals surface area contributed by atoms with Crippen molar-refractivity contribution in [3.63, 3.8) is 0 Å². The van der Waals surface area contributed by atoms with Gasteiger partial charge in [0.05, 0.1) is 16.8 Å². The van der Waals surface area contributed by atoms with E-state index < -0.39 is 11.9 Å². The molecular weight excluding hydrogens is 262 g/mol. The van der Waals surface area contributed by atoms with E-state index in [9.17, 15) is 9.59 Å². The molecule has 0 spiro atoms. The normalized spacial score (nSPS) is 10.4. The van der Waals surface area contributed by atoms with Crippen molar-refractivity contribution in [2.24, 2.45) is 0 Å². The van der Waals surface area contributed by atoms with Gasteiger partial charge in [0, 0.05) is 6.42 Å². The Morgan fingerprint density at radius 1 is 1.15 bits per heavy atom. The molecule has 2 N–H and O–H groups in total. The van der Waals surface area contributed by atoms with Gasteiger partial charge in [-0.2, -0.15) is 0 Å². The lowest BCUT2D eigenvalue weighted by molar-refractivity contribution is 0.0696. The maximum atomic E-state index is 11.1. The second-order valence-electron chi connectivity index (χ2n) is 4.25. The number of nitrogens with zero attached hydrogens (tertiary/aromatic N) is 3. The molecule has 1 aromatic heterocycles. The van der Waals surface area contributed by atoms with Crippen LogP contribution in [0.1, 0.15) is 39.9 Å². The van der Waals surface area contributed by atoms with E-state index in [1.165, 1.54) is 18.5 Å². The number of aryl methyl sites for hydroxylation is 1. The summed E-state index contributed by atoms with van der Waals surface area (Å²) in [5.74, 6) is -1.70. The lowest BCUT2D eigenvalue weighted by Crippen LogP contribution is -2.07. The first-order valence-electron chi connectivity index (χ1n) is 6.04. The average Bonchev–Trinajstić information content (AvgIpc) is 2.86. The number of benzene rings is 1. The summed E-state index contributed by atoms with van der Waals surface area (Å²) in [5.41, 5.74) is 0.253. The standard InChI is InChI=1S/C13H13N3O4/c1-2-3-11-15-14-7-16(11)10-5-8(12(17)18)4-9(6-10)13(19)20/h4-7H,2-3H2,1H3,(H,17,18)(H,19,20). The van der Waals surface area contributed by atoms with E-state index in [0.29, 0.717) is 17.9 Å². The van der Waals surface area contributed by atoms with Crippen LogP contribution in [-0.2, 0) is 6.42 Å². The number of aromatic carboxylic acids is 2. The predicted octanol–water partition coefficient (Wildman–Crippen LogP) is 1.62. The number of hydrogen-bond donors (Lipinski definition) is 2. The second kappa shape index (κ2) is 5.52. The van der Waals surface area contributed by atoms with Crippen molar-refractivity contribution >= 4 is 11.9 Å². The van der Waals surface area contributed by atoms with Gasteiger partial charge >= 0.3 is 11.9 Å². The Morgan fingerprint density at radius 2 is 1.75 bits per heavy atom. The van der Waals surface area contributed by atoms with E-state index in [1.807, 2.05) is 6.92 Å². The van der Waals surface area contributed by atoms with Gasteiger partial charge in [0.1, 0.15) is 12.2 Å². The Kier molecular flexibility index (Phi) is 3.79. The highest BCUT2D eigenvalue weighted by Crippen LogP contribution is 2.17. The first kappa shape index (κ1) is 13.7. The lowest BCUT2D eigenvalue weighted by Gasteiger charge is -2.08. The molecule has 0 fully saturated rings. The predicted molar refractivity (Wildman–Crippen MR) is 69.3 cm³/mol. The number of rotatable bonds is 5. The van der Waals surface area contributed by atoms with Gasteiger partial charge in [-0.15, -0.1) is 10.2 Å². The van der Waals surface area contributed by atoms with E-state index in [4.69, 9.17) is 10.2 Å². The summed E-state index contributed by atoms with van der Waals surface area (Å²) in [6, 6.07) is 3.92. The Balaban J connectivity index is 2.57. The molecule has 1 heterocycles. The first-order valence-corrected chi connectivity index (χ1v) is 6.04. The molecular formula is C13H13N3O4. The quantitative estimate of drug-likeness (QED) is 0.858. The number of aromatic nitrogens is 3. The van der Waals surface area contributed by atoms with E-state index >= 15 is 0 Å². The molecule has 20 heavy (non-hydrogen) atoms. The van der Waals surface area contributed by atoms with Crippen LogP contribution >= 0.6 is 0 Å². The summed E-state index contributed by atoms with van der Waals surface area (Å²) in [6.45, 7) is 1.98. The highest BCUT2D eigenvalue weighted by Gasteiger charge is 2.14. The third-order valence-electron chi connectivity index (χ3n) is 2.78. The van der Waals surface area contributed by atoms with Gasteiger partial charge in [-0.3, -0.25) is 4.57 Å². The van der Waals surface area contributed by atoms with E-state index in [2.05, 4.69) is 10.2 Å². The van der Waals surface area contributed by atoms with Crippen molar-refractivity contribution in [2.75, 3.05) is 0 Å². The Hall–Kier alpha value is -2.70. The largest absolute Gasteiger partial charge is 0.478 e. The van der Waals surface area contributed by atoms with Crippen LogP contribution in [0.4, 0.5) is 0 Å². The zero-order valence-corrected chi connectivity index (χ0v) is 10.8. The van der Waals surface area contributed by atoms with Crippen LogP contribution < -0.4 is 0 Å². The van der Waals surface area contributed by atoms with Crippen LogP contribution in [0.5, 0.6) is 0 Å². The Morgan fingerprint density at radius 3 is 2.25 bits per heavy atom. The van der Waals surface area contributed by atoms with Crippen LogP contribution in [0.3, 0.4) is 0 Å². The van der Waals surface area contributed by atoms with E-state index in [-0.39, 0.29) is 11.1 Å². The highest BCUT2D eigenvalue weighted by molar-refractivity contribution is 5.94. The molecule has 0 saturated heterocycles. The molecule has 0 atom stereocenters. The van der Waals surface area contributed by atoms with Crippen LogP contribution in [0, 0.1) is 0 Å². The van der Waals surface area contributed by atoms with Crippen molar-refractivity contribution in [3.8, 4) is 5.69 Å². The molecule has 7 nitrogen and oxygen atoms in total. The molecule has 0 bridgehead atoms. The van der Waals surface area contributed by atoms with Crippen molar-refractivity contribution in [1.82, 2.24) is 14.8 Å². The number of hydrogen-bond acceptors (Lipinski definition) is 4. The molecule has 0 amide bonds. The third-order valence-corrected chi connectivity index (χ3v) is 2.78. The molecule has 0 radical (unpaired) electrons. The minimum Gasteiger partial charge on any atom is -0.478 e. The fourth-order valence-corrected chi connectivity index (χ4v) is 1.87. The smallest absolute Gasteiger partial charge is 0.335 e. The zero-order chi connectivity index (χ0) is 14.7. The van der Waals surface area contributed by atoms with Crippen LogP contribution in [0.25, 0.3) is 5.69 Å². The molecule has 2 rings (SSSR count). The van der Waals surface area contributed by atoms with Crippen molar-refractivity contribution in [1.29, 1.82) is 0 Å². The molecule has 0 aliphatic heterocycles. The molecule has 0 saturated carbocycles. The third kappa shape index (κ3) is 2.66. The van der Waals surface area contributed by atoms with Gasteiger partial charge < -0.3 is 10.2 Å². The topological polar surface area (TPSA) is 105 Å². The van der Waals surface area contributed by atoms with Crippen molar-refractivity contribution < 1.29 is 19.8 Å². The van der Waals surface area contributed by atoms with Gasteiger partial charge in [-0.1, -0.05) is 6.92 Å². The summed E-state index contributed by atoms with van der Waals surface area (Å²) in [6.07, 6.45) is 2.96. The van der Waals surface area contributed by atoms with Crippen LogP contribution in [0.15, 0.2) is 24.5 Å². The first-order chi connectivity index (χ1) is 9.52. The summed E-state index contributed by atoms with van der Waals surface area (Å²) >= 11 is 0. The minimum absolute atomic E-state index is 0.0870. The number of carbonyl (C=O) groups is 2. The number of carboxylic acids is 2. The van der Waals surface area contributed by atoms with Gasteiger partial charge in [0.2, 0.25) is 0 Å². The SMILES string of the molecule is CCCc1nncn1-c1cc(C(=O)O)cc(C(=O)O)c1. The summed E-state index contributed by atoms with van der Waals surface area (Å²) in [7, 11) is 0. The van der Waals surface area contributed by atoms with Gasteiger partial charge in [0.25, 0.3) is 0 Å². The molecule has 104 valence electrons. The van der Waals surface area contributed by atoms with E-state index in [1.54, 1.807) is 4.57 Å². The Bertz CT molecular complexity index is 631. The van der Waals surface area contributed by atoms with E-state index in [0.717, 1.165) is 12.5 Å². The minimum atomic E-state index is -1.18. The summed E-state index contributed by atoms with van der Waals surface area (Å²) in [4.78, 5) is 22.1. The Labute approximate surface area is 114 Å². The van der Waals surface area contributed by atoms with Gasteiger partial charge in [-0.05, 0) is 24.6 Å². The molecule has 0 aliphatic rings. The summed E-state index contributed by atoms with van der Waals surface area (Å²) in [5, 5.41) is 25.8. The molecule has 0 aliphatic carbocycles. The number of carboxylic acid groups (broad SMARTS) is 2. The molecule has 7 heteroatoms. The van der Waals surface area contributed by atoms with Gasteiger partial charge in [0.15, 0.2) is 0 Å². The highest BCUT2D eigenvalue weighted by atomic mass is 16.4. The lowest BCUT2D eigenvalue weighted by atomic mass is 10.1. The van der Waals surface area contributed by atoms with Crippen LogP contribution in [0.2, 0.25) is 0 Å². The maximum Gasteiger partial charge on any atom is 0.335 e. The van der Waals surface area contributed by atoms with Crippen molar-refractivity contribution in [3.05, 3.63) is 41.5 Å². The maximum absolute atomic E-state index is 11.1. The average molecular weight is 275 g/mol. The second-order valence-corrected chi connectivity index (χ2v) is 4.25. The fraction of sp³-hybridized carbons (Fsp3) is 0.231. The summed E-state index contributed by atoms with van der Waals surface area (Å²) < 4.78 is 1.60. The van der Waals surface area contributed by atoms with Crippen molar-refractivity contribution in [2.45, 2.75) is 19.8 Å². The molecule has 2 aromatic rings. The van der Waals surface area contributed by atoms with Gasteiger partial charge in [-0.25, -0.2) is 9.59 Å². The molecule has 0 unspecified atom stereocenters.